The van der Waals surface area contributed by atoms with Crippen molar-refractivity contribution in [3.8, 4) is 5.75 Å². The normalized spacial score (nSPS) is 18.7. The molecule has 0 bridgehead atoms. The van der Waals surface area contributed by atoms with Gasteiger partial charge in [-0.2, -0.15) is 17.8 Å². The summed E-state index contributed by atoms with van der Waals surface area (Å²) in [4.78, 5) is 18.8. The van der Waals surface area contributed by atoms with Crippen molar-refractivity contribution >= 4 is 33.2 Å². The minimum atomic E-state index is -4.28. The van der Waals surface area contributed by atoms with Gasteiger partial charge >= 0.3 is 0 Å². The molecule has 38 heavy (non-hydrogen) atoms. The summed E-state index contributed by atoms with van der Waals surface area (Å²) in [5, 5.41) is 14.9. The van der Waals surface area contributed by atoms with Crippen LogP contribution in [0, 0.1) is 11.2 Å². The standard InChI is InChI=1S/C25H22ClFN4O6S/c1-25(2,3)23-21(32)19(24(33)31(23)10-13-7-8-16(27)15(26)9-13)20-14-5-4-6-17(22(14)38(34,35)30-20)36-11-18-28-12-37-29-18/h4-9,12,23,32H,10-11H2,1-3H3/t23-/m1/s1. The quantitative estimate of drug-likeness (QED) is 0.474. The van der Waals surface area contributed by atoms with Gasteiger partial charge in [-0.05, 0) is 29.2 Å². The second-order valence-corrected chi connectivity index (χ2v) is 11.8. The first-order chi connectivity index (χ1) is 17.9. The molecule has 0 fully saturated rings. The van der Waals surface area contributed by atoms with Crippen molar-refractivity contribution in [1.82, 2.24) is 15.0 Å². The third-order valence-electron chi connectivity index (χ3n) is 6.16. The zero-order valence-electron chi connectivity index (χ0n) is 20.5. The number of aliphatic hydroxyl groups excluding tert-OH is 1. The summed E-state index contributed by atoms with van der Waals surface area (Å²) in [5.74, 6) is -1.34. The lowest BCUT2D eigenvalue weighted by atomic mass is 9.84. The van der Waals surface area contributed by atoms with Crippen LogP contribution in [0.4, 0.5) is 4.39 Å². The number of sulfonamides is 1. The van der Waals surface area contributed by atoms with Crippen LogP contribution >= 0.6 is 11.6 Å². The van der Waals surface area contributed by atoms with Crippen LogP contribution in [0.15, 0.2) is 67.9 Å². The van der Waals surface area contributed by atoms with E-state index in [1.165, 1.54) is 35.2 Å². The molecule has 3 aromatic rings. The first kappa shape index (κ1) is 25.9. The number of amides is 1. The van der Waals surface area contributed by atoms with Gasteiger partial charge in [-0.1, -0.05) is 55.7 Å². The molecule has 13 heteroatoms. The van der Waals surface area contributed by atoms with Crippen molar-refractivity contribution in [3.05, 3.63) is 81.9 Å². The lowest BCUT2D eigenvalue weighted by Crippen LogP contribution is -2.43. The highest BCUT2D eigenvalue weighted by atomic mass is 35.5. The average molecular weight is 561 g/mol. The van der Waals surface area contributed by atoms with Gasteiger partial charge in [0.05, 0.1) is 11.1 Å². The zero-order valence-corrected chi connectivity index (χ0v) is 22.0. The monoisotopic (exact) mass is 560 g/mol. The van der Waals surface area contributed by atoms with Crippen LogP contribution in [0.25, 0.3) is 0 Å². The van der Waals surface area contributed by atoms with Crippen molar-refractivity contribution in [2.75, 3.05) is 0 Å². The number of fused-ring (bicyclic) bond motifs is 1. The van der Waals surface area contributed by atoms with Gasteiger partial charge in [-0.15, -0.1) is 0 Å². The molecule has 1 N–H and O–H groups in total. The lowest BCUT2D eigenvalue weighted by molar-refractivity contribution is -0.129. The highest BCUT2D eigenvalue weighted by Crippen LogP contribution is 2.43. The van der Waals surface area contributed by atoms with E-state index in [2.05, 4.69) is 19.1 Å². The number of rotatable bonds is 6. The first-order valence-corrected chi connectivity index (χ1v) is 13.2. The van der Waals surface area contributed by atoms with Crippen LogP contribution in [0.5, 0.6) is 5.75 Å². The fourth-order valence-corrected chi connectivity index (χ4v) is 6.18. The number of carbonyl (C=O) groups excluding carboxylic acids is 1. The van der Waals surface area contributed by atoms with Crippen LogP contribution in [0.2, 0.25) is 5.02 Å². The van der Waals surface area contributed by atoms with E-state index in [1.807, 2.05) is 20.8 Å². The summed E-state index contributed by atoms with van der Waals surface area (Å²) in [6.45, 7) is 5.33. The third-order valence-corrected chi connectivity index (χ3v) is 7.81. The molecular weight excluding hydrogens is 539 g/mol. The average Bonchev–Trinajstić information content (AvgIpc) is 3.51. The largest absolute Gasteiger partial charge is 0.509 e. The van der Waals surface area contributed by atoms with E-state index in [4.69, 9.17) is 16.3 Å². The number of aromatic nitrogens is 2. The summed E-state index contributed by atoms with van der Waals surface area (Å²) in [6, 6.07) is 7.75. The molecular formula is C25H22ClFN4O6S. The Morgan fingerprint density at radius 2 is 2.00 bits per heavy atom. The van der Waals surface area contributed by atoms with Crippen LogP contribution in [-0.4, -0.2) is 46.2 Å². The molecule has 0 saturated heterocycles. The Morgan fingerprint density at radius 1 is 1.24 bits per heavy atom. The topological polar surface area (TPSA) is 135 Å². The van der Waals surface area contributed by atoms with Crippen molar-refractivity contribution in [2.45, 2.75) is 44.9 Å². The second kappa shape index (κ2) is 9.21. The van der Waals surface area contributed by atoms with E-state index in [0.29, 0.717) is 5.56 Å². The molecule has 0 aliphatic carbocycles. The predicted molar refractivity (Wildman–Crippen MR) is 134 cm³/mol. The Morgan fingerprint density at radius 3 is 2.66 bits per heavy atom. The highest BCUT2D eigenvalue weighted by molar-refractivity contribution is 7.91. The van der Waals surface area contributed by atoms with Gasteiger partial charge in [-0.3, -0.25) is 4.79 Å². The van der Waals surface area contributed by atoms with Crippen molar-refractivity contribution < 1.29 is 32.0 Å². The molecule has 0 spiro atoms. The van der Waals surface area contributed by atoms with Crippen LogP contribution < -0.4 is 4.74 Å². The molecule has 1 amide bonds. The van der Waals surface area contributed by atoms with Gasteiger partial charge in [0.15, 0.2) is 6.61 Å². The molecule has 1 atom stereocenters. The van der Waals surface area contributed by atoms with E-state index in [0.717, 1.165) is 6.39 Å². The summed E-state index contributed by atoms with van der Waals surface area (Å²) in [5.41, 5.74) is -0.407. The van der Waals surface area contributed by atoms with Gasteiger partial charge in [0, 0.05) is 12.1 Å². The van der Waals surface area contributed by atoms with Crippen molar-refractivity contribution in [2.24, 2.45) is 9.81 Å². The summed E-state index contributed by atoms with van der Waals surface area (Å²) in [6.07, 6.45) is 1.12. The Hall–Kier alpha value is -3.77. The molecule has 2 aromatic carbocycles. The molecule has 2 aliphatic heterocycles. The van der Waals surface area contributed by atoms with E-state index in [9.17, 15) is 22.7 Å². The molecule has 198 valence electrons. The van der Waals surface area contributed by atoms with Crippen LogP contribution in [0.1, 0.15) is 37.7 Å². The Bertz CT molecular complexity index is 1610. The molecule has 0 saturated carbocycles. The number of hydrogen-bond acceptors (Lipinski definition) is 8. The molecule has 1 aromatic heterocycles. The minimum Gasteiger partial charge on any atom is -0.509 e. The lowest BCUT2D eigenvalue weighted by Gasteiger charge is -2.35. The summed E-state index contributed by atoms with van der Waals surface area (Å²) < 4.78 is 54.2. The zero-order chi connectivity index (χ0) is 27.4. The molecule has 5 rings (SSSR count). The second-order valence-electron chi connectivity index (χ2n) is 9.89. The number of ether oxygens (including phenoxy) is 1. The minimum absolute atomic E-state index is 0.00489. The highest BCUT2D eigenvalue weighted by Gasteiger charge is 2.49. The molecule has 0 radical (unpaired) electrons. The fourth-order valence-electron chi connectivity index (χ4n) is 4.63. The molecule has 0 unspecified atom stereocenters. The fraction of sp³-hybridized carbons (Fsp3) is 0.280. The number of nitrogens with zero attached hydrogens (tertiary/aromatic N) is 4. The van der Waals surface area contributed by atoms with Crippen LogP contribution in [-0.2, 0) is 28.0 Å². The molecule has 2 aliphatic rings. The van der Waals surface area contributed by atoms with E-state index in [-0.39, 0.29) is 57.3 Å². The molecule has 3 heterocycles. The van der Waals surface area contributed by atoms with E-state index >= 15 is 0 Å². The maximum atomic E-state index is 13.8. The van der Waals surface area contributed by atoms with Crippen LogP contribution in [0.3, 0.4) is 0 Å². The van der Waals surface area contributed by atoms with Gasteiger partial charge in [0.25, 0.3) is 15.9 Å². The van der Waals surface area contributed by atoms with Gasteiger partial charge in [0.1, 0.15) is 33.5 Å². The summed E-state index contributed by atoms with van der Waals surface area (Å²) >= 11 is 5.93. The molecule has 10 nitrogen and oxygen atoms in total. The van der Waals surface area contributed by atoms with Gasteiger partial charge < -0.3 is 19.3 Å². The maximum absolute atomic E-state index is 13.8. The van der Waals surface area contributed by atoms with Crippen molar-refractivity contribution in [1.29, 1.82) is 0 Å². The first-order valence-electron chi connectivity index (χ1n) is 11.4. The smallest absolute Gasteiger partial charge is 0.287 e. The van der Waals surface area contributed by atoms with E-state index < -0.39 is 33.2 Å². The van der Waals surface area contributed by atoms with E-state index in [1.54, 1.807) is 6.07 Å². The number of benzene rings is 2. The maximum Gasteiger partial charge on any atom is 0.287 e. The number of hydrogen-bond donors (Lipinski definition) is 1. The number of carbonyl (C=O) groups is 1. The summed E-state index contributed by atoms with van der Waals surface area (Å²) in [7, 11) is -4.28. The Labute approximate surface area is 222 Å². The Kier molecular flexibility index (Phi) is 6.27. The predicted octanol–water partition coefficient (Wildman–Crippen LogP) is 4.20. The number of aliphatic hydroxyl groups is 1. The van der Waals surface area contributed by atoms with Gasteiger partial charge in [0.2, 0.25) is 12.2 Å². The number of halogens is 2. The SMILES string of the molecule is CC(C)(C)[C@H]1C(O)=C(C2=NS(=O)(=O)c3c(OCc4ncon4)cccc32)C(=O)N1Cc1ccc(F)c(Cl)c1. The third kappa shape index (κ3) is 4.43. The van der Waals surface area contributed by atoms with Gasteiger partial charge in [-0.25, -0.2) is 4.39 Å². The van der Waals surface area contributed by atoms with Crippen molar-refractivity contribution in [3.63, 3.8) is 0 Å². The Balaban J connectivity index is 1.55.